The fourth-order valence-corrected chi connectivity index (χ4v) is 3.62. The lowest BCUT2D eigenvalue weighted by atomic mass is 10.2. The summed E-state index contributed by atoms with van der Waals surface area (Å²) in [5, 5.41) is 4.16. The van der Waals surface area contributed by atoms with Crippen LogP contribution in [0.15, 0.2) is 50.7 Å². The number of hydrogen-bond acceptors (Lipinski definition) is 5. The maximum Gasteiger partial charge on any atom is 0.264 e. The number of carbonyl (C=O) groups is 1. The molecule has 0 unspecified atom stereocenters. The van der Waals surface area contributed by atoms with E-state index in [4.69, 9.17) is 27.6 Å². The van der Waals surface area contributed by atoms with Crippen molar-refractivity contribution < 1.29 is 9.21 Å². The summed E-state index contributed by atoms with van der Waals surface area (Å²) < 4.78 is 5.53. The van der Waals surface area contributed by atoms with Crippen LogP contribution in [0, 0.1) is 6.92 Å². The van der Waals surface area contributed by atoms with Gasteiger partial charge in [0.05, 0.1) is 15.6 Å². The van der Waals surface area contributed by atoms with Gasteiger partial charge in [-0.15, -0.1) is 0 Å². The van der Waals surface area contributed by atoms with Gasteiger partial charge in [0.2, 0.25) is 0 Å². The van der Waals surface area contributed by atoms with Crippen LogP contribution in [0.5, 0.6) is 0 Å². The fraction of sp³-hybridized carbons (Fsp3) is 0.0556. The van der Waals surface area contributed by atoms with E-state index in [2.05, 4.69) is 15.3 Å². The van der Waals surface area contributed by atoms with Gasteiger partial charge in [-0.05, 0) is 53.7 Å². The van der Waals surface area contributed by atoms with Crippen LogP contribution in [0.4, 0.5) is 5.69 Å². The number of rotatable bonds is 2. The van der Waals surface area contributed by atoms with Crippen LogP contribution >= 0.6 is 35.0 Å². The van der Waals surface area contributed by atoms with Gasteiger partial charge in [0.25, 0.3) is 5.91 Å². The van der Waals surface area contributed by atoms with Crippen LogP contribution in [0.3, 0.4) is 0 Å². The topological polar surface area (TPSA) is 67.5 Å². The number of amidine groups is 1. The number of halogens is 2. The van der Waals surface area contributed by atoms with Gasteiger partial charge in [-0.2, -0.15) is 0 Å². The van der Waals surface area contributed by atoms with E-state index in [0.29, 0.717) is 37.3 Å². The summed E-state index contributed by atoms with van der Waals surface area (Å²) in [5.41, 5.74) is 2.81. The van der Waals surface area contributed by atoms with Crippen LogP contribution in [0.2, 0.25) is 10.0 Å². The van der Waals surface area contributed by atoms with Gasteiger partial charge in [0.1, 0.15) is 5.52 Å². The van der Waals surface area contributed by atoms with Crippen molar-refractivity contribution >= 4 is 68.9 Å². The van der Waals surface area contributed by atoms with Gasteiger partial charge in [0, 0.05) is 11.9 Å². The number of benzene rings is 2. The Kier molecular flexibility index (Phi) is 4.48. The maximum atomic E-state index is 12.2. The first-order valence-electron chi connectivity index (χ1n) is 7.60. The van der Waals surface area contributed by atoms with Gasteiger partial charge in [0.15, 0.2) is 16.6 Å². The Morgan fingerprint density at radius 1 is 1.23 bits per heavy atom. The number of aryl methyl sites for hydroxylation is 1. The average Bonchev–Trinajstić information content (AvgIpc) is 3.12. The number of hydrogen-bond donors (Lipinski definition) is 1. The number of carbonyl (C=O) groups excluding carboxylic acids is 1. The lowest BCUT2D eigenvalue weighted by Crippen LogP contribution is -2.19. The Labute approximate surface area is 163 Å². The minimum absolute atomic E-state index is 0.222. The molecule has 0 saturated carbocycles. The standard InChI is InChI=1S/C18H11Cl2N3O2S/c1-9-21-13-5-2-10(6-15(13)25-9)7-16-17(24)23-18(26-16)22-14-8-11(19)3-4-12(14)20/h2-8H,1H3,(H,22,23,24). The van der Waals surface area contributed by atoms with Crippen molar-refractivity contribution in [2.45, 2.75) is 6.92 Å². The molecule has 0 spiro atoms. The van der Waals surface area contributed by atoms with Crippen molar-refractivity contribution in [3.63, 3.8) is 0 Å². The highest BCUT2D eigenvalue weighted by Gasteiger charge is 2.24. The third-order valence-electron chi connectivity index (χ3n) is 3.60. The third kappa shape index (κ3) is 3.49. The molecular formula is C18H11Cl2N3O2S. The van der Waals surface area contributed by atoms with E-state index in [1.807, 2.05) is 18.2 Å². The first-order valence-corrected chi connectivity index (χ1v) is 9.17. The van der Waals surface area contributed by atoms with Crippen LogP contribution in [0.1, 0.15) is 11.5 Å². The normalized spacial score (nSPS) is 17.4. The van der Waals surface area contributed by atoms with Gasteiger partial charge >= 0.3 is 0 Å². The van der Waals surface area contributed by atoms with Crippen molar-refractivity contribution in [3.05, 3.63) is 62.8 Å². The molecule has 130 valence electrons. The fourth-order valence-electron chi connectivity index (χ4n) is 2.46. The van der Waals surface area contributed by atoms with Crippen molar-refractivity contribution in [3.8, 4) is 0 Å². The van der Waals surface area contributed by atoms with Crippen LogP contribution in [-0.2, 0) is 4.79 Å². The summed E-state index contributed by atoms with van der Waals surface area (Å²) in [6.07, 6.45) is 1.78. The number of aliphatic imine (C=N–C) groups is 1. The Hall–Kier alpha value is -2.28. The molecule has 0 radical (unpaired) electrons. The molecule has 1 fully saturated rings. The van der Waals surface area contributed by atoms with E-state index in [9.17, 15) is 4.79 Å². The summed E-state index contributed by atoms with van der Waals surface area (Å²) in [5.74, 6) is 0.381. The first-order chi connectivity index (χ1) is 12.5. The molecule has 8 heteroatoms. The maximum absolute atomic E-state index is 12.2. The van der Waals surface area contributed by atoms with E-state index >= 15 is 0 Å². The molecule has 1 N–H and O–H groups in total. The summed E-state index contributed by atoms with van der Waals surface area (Å²) in [6, 6.07) is 10.6. The van der Waals surface area contributed by atoms with E-state index in [1.165, 1.54) is 11.8 Å². The zero-order valence-electron chi connectivity index (χ0n) is 13.4. The quantitative estimate of drug-likeness (QED) is 0.586. The van der Waals surface area contributed by atoms with E-state index < -0.39 is 0 Å². The largest absolute Gasteiger partial charge is 0.441 e. The van der Waals surface area contributed by atoms with Crippen LogP contribution in [0.25, 0.3) is 17.2 Å². The highest BCUT2D eigenvalue weighted by molar-refractivity contribution is 8.18. The van der Waals surface area contributed by atoms with E-state index in [-0.39, 0.29) is 5.91 Å². The Morgan fingerprint density at radius 3 is 2.92 bits per heavy atom. The molecule has 0 bridgehead atoms. The first kappa shape index (κ1) is 17.1. The van der Waals surface area contributed by atoms with Gasteiger partial charge in [-0.3, -0.25) is 4.79 Å². The summed E-state index contributed by atoms with van der Waals surface area (Å²) in [6.45, 7) is 1.79. The van der Waals surface area contributed by atoms with Gasteiger partial charge < -0.3 is 9.73 Å². The second-order valence-corrected chi connectivity index (χ2v) is 7.41. The molecule has 26 heavy (non-hydrogen) atoms. The number of fused-ring (bicyclic) bond motifs is 1. The minimum Gasteiger partial charge on any atom is -0.441 e. The number of nitrogens with zero attached hydrogens (tertiary/aromatic N) is 2. The lowest BCUT2D eigenvalue weighted by molar-refractivity contribution is -0.115. The van der Waals surface area contributed by atoms with Crippen molar-refractivity contribution in [2.24, 2.45) is 4.99 Å². The van der Waals surface area contributed by atoms with Crippen molar-refractivity contribution in [2.75, 3.05) is 0 Å². The second kappa shape index (κ2) is 6.79. The predicted molar refractivity (Wildman–Crippen MR) is 106 cm³/mol. The molecule has 2 heterocycles. The summed E-state index contributed by atoms with van der Waals surface area (Å²) >= 11 is 13.3. The van der Waals surface area contributed by atoms with E-state index in [0.717, 1.165) is 11.1 Å². The zero-order valence-corrected chi connectivity index (χ0v) is 15.7. The van der Waals surface area contributed by atoms with Crippen LogP contribution < -0.4 is 5.32 Å². The SMILES string of the molecule is Cc1nc2ccc(C=C3SC(=Nc4cc(Cl)ccc4Cl)NC3=O)cc2o1. The molecule has 1 aliphatic rings. The summed E-state index contributed by atoms with van der Waals surface area (Å²) in [7, 11) is 0. The third-order valence-corrected chi connectivity index (χ3v) is 5.06. The molecule has 4 rings (SSSR count). The minimum atomic E-state index is -0.222. The second-order valence-electron chi connectivity index (χ2n) is 5.54. The summed E-state index contributed by atoms with van der Waals surface area (Å²) in [4.78, 5) is 21.4. The molecule has 1 aromatic heterocycles. The number of nitrogens with one attached hydrogen (secondary N) is 1. The number of aromatic nitrogens is 1. The molecule has 5 nitrogen and oxygen atoms in total. The van der Waals surface area contributed by atoms with Crippen LogP contribution in [-0.4, -0.2) is 16.1 Å². The Morgan fingerprint density at radius 2 is 2.08 bits per heavy atom. The Balaban J connectivity index is 1.63. The Bertz CT molecular complexity index is 1110. The molecule has 0 atom stereocenters. The highest BCUT2D eigenvalue weighted by atomic mass is 35.5. The molecule has 1 saturated heterocycles. The van der Waals surface area contributed by atoms with E-state index in [1.54, 1.807) is 31.2 Å². The molecule has 0 aliphatic carbocycles. The molecular weight excluding hydrogens is 393 g/mol. The molecule has 3 aromatic rings. The predicted octanol–water partition coefficient (Wildman–Crippen LogP) is 5.33. The van der Waals surface area contributed by atoms with Crippen molar-refractivity contribution in [1.29, 1.82) is 0 Å². The number of thioether (sulfide) groups is 1. The molecule has 1 aliphatic heterocycles. The molecule has 1 amide bonds. The number of oxazole rings is 1. The van der Waals surface area contributed by atoms with Crippen molar-refractivity contribution in [1.82, 2.24) is 10.3 Å². The average molecular weight is 404 g/mol. The molecule has 2 aromatic carbocycles. The monoisotopic (exact) mass is 403 g/mol. The smallest absolute Gasteiger partial charge is 0.264 e. The lowest BCUT2D eigenvalue weighted by Gasteiger charge is -2.00. The van der Waals surface area contributed by atoms with Gasteiger partial charge in [-0.25, -0.2) is 9.98 Å². The number of amides is 1. The highest BCUT2D eigenvalue weighted by Crippen LogP contribution is 2.32. The van der Waals surface area contributed by atoms with Gasteiger partial charge in [-0.1, -0.05) is 29.3 Å². The zero-order chi connectivity index (χ0) is 18.3.